The van der Waals surface area contributed by atoms with Crippen molar-refractivity contribution in [3.05, 3.63) is 53.8 Å². The molecular formula is C24H22FN3O7S. The lowest BCUT2D eigenvalue weighted by molar-refractivity contribution is -0.156. The van der Waals surface area contributed by atoms with Gasteiger partial charge in [0.15, 0.2) is 18.1 Å². The number of esters is 1. The molecule has 2 atom stereocenters. The number of hydrogen-bond acceptors (Lipinski definition) is 8. The van der Waals surface area contributed by atoms with Crippen LogP contribution < -0.4 is 20.1 Å². The first kappa shape index (κ1) is 23.9. The van der Waals surface area contributed by atoms with E-state index in [9.17, 15) is 23.6 Å². The lowest BCUT2D eigenvalue weighted by atomic mass is 10.0. The number of hydrogen-bond donors (Lipinski definition) is 2. The highest BCUT2D eigenvalue weighted by Crippen LogP contribution is 2.54. The Bertz CT molecular complexity index is 1220. The number of ether oxygens (including phenoxy) is 3. The summed E-state index contributed by atoms with van der Waals surface area (Å²) in [5.41, 5.74) is 1.11. The number of fused-ring (bicyclic) bond motifs is 2. The molecule has 2 aromatic carbocycles. The van der Waals surface area contributed by atoms with Crippen LogP contribution in [0.15, 0.2) is 42.5 Å². The molecule has 0 bridgehead atoms. The van der Waals surface area contributed by atoms with Crippen molar-refractivity contribution in [2.45, 2.75) is 23.8 Å². The molecule has 0 saturated carbocycles. The summed E-state index contributed by atoms with van der Waals surface area (Å²) in [4.78, 5) is 50.5. The normalized spacial score (nSPS) is 22.1. The van der Waals surface area contributed by atoms with Crippen LogP contribution in [0, 0.1) is 5.82 Å². The highest BCUT2D eigenvalue weighted by atomic mass is 32.2. The van der Waals surface area contributed by atoms with Gasteiger partial charge in [0.1, 0.15) is 29.9 Å². The highest BCUT2D eigenvalue weighted by Gasteiger charge is 2.57. The average Bonchev–Trinajstić information content (AvgIpc) is 3.42. The Kier molecular flexibility index (Phi) is 6.44. The molecule has 0 radical (unpaired) electrons. The zero-order chi connectivity index (χ0) is 25.3. The van der Waals surface area contributed by atoms with Gasteiger partial charge < -0.3 is 24.4 Å². The predicted octanol–water partition coefficient (Wildman–Crippen LogP) is 2.38. The summed E-state index contributed by atoms with van der Waals surface area (Å²) in [6, 6.07) is 8.94. The van der Waals surface area contributed by atoms with Crippen LogP contribution in [0.2, 0.25) is 0 Å². The maximum atomic E-state index is 13.4. The van der Waals surface area contributed by atoms with Crippen LogP contribution in [0.25, 0.3) is 0 Å². The average molecular weight is 516 g/mol. The SMILES string of the molecule is O=C(COC(=O)[C@@H]1CS[C@@]2(c3ccc(F)cc3)CCC(=O)N12)NC(=O)Nc1ccc2c(c1)OCCO2. The molecule has 2 N–H and O–H groups in total. The number of benzene rings is 2. The van der Waals surface area contributed by atoms with Crippen LogP contribution >= 0.6 is 11.8 Å². The van der Waals surface area contributed by atoms with Crippen molar-refractivity contribution in [1.29, 1.82) is 0 Å². The number of anilines is 1. The number of imide groups is 1. The van der Waals surface area contributed by atoms with Gasteiger partial charge >= 0.3 is 12.0 Å². The lowest BCUT2D eigenvalue weighted by Crippen LogP contribution is -2.47. The van der Waals surface area contributed by atoms with Gasteiger partial charge in [-0.15, -0.1) is 11.8 Å². The van der Waals surface area contributed by atoms with Gasteiger partial charge in [-0.25, -0.2) is 14.0 Å². The van der Waals surface area contributed by atoms with Gasteiger partial charge in [-0.3, -0.25) is 14.9 Å². The number of carbonyl (C=O) groups excluding carboxylic acids is 4. The fourth-order valence-corrected chi connectivity index (χ4v) is 6.14. The van der Waals surface area contributed by atoms with Gasteiger partial charge in [-0.2, -0.15) is 0 Å². The number of thioether (sulfide) groups is 1. The Labute approximate surface area is 209 Å². The van der Waals surface area contributed by atoms with E-state index in [-0.39, 0.29) is 18.1 Å². The summed E-state index contributed by atoms with van der Waals surface area (Å²) in [6.07, 6.45) is 0.723. The summed E-state index contributed by atoms with van der Waals surface area (Å²) in [6.45, 7) is 0.131. The van der Waals surface area contributed by atoms with Crippen LogP contribution in [-0.4, -0.2) is 60.3 Å². The Morgan fingerprint density at radius 3 is 2.64 bits per heavy atom. The zero-order valence-electron chi connectivity index (χ0n) is 19.0. The number of nitrogens with one attached hydrogen (secondary N) is 2. The van der Waals surface area contributed by atoms with E-state index in [1.165, 1.54) is 28.8 Å². The molecule has 36 heavy (non-hydrogen) atoms. The molecule has 10 nitrogen and oxygen atoms in total. The van der Waals surface area contributed by atoms with Crippen molar-refractivity contribution in [1.82, 2.24) is 10.2 Å². The van der Waals surface area contributed by atoms with Crippen LogP contribution in [0.5, 0.6) is 11.5 Å². The Morgan fingerprint density at radius 2 is 1.86 bits per heavy atom. The molecule has 188 valence electrons. The third-order valence-electron chi connectivity index (χ3n) is 6.09. The molecule has 2 fully saturated rings. The molecule has 0 aromatic heterocycles. The van der Waals surface area contributed by atoms with E-state index >= 15 is 0 Å². The fraction of sp³-hybridized carbons (Fsp3) is 0.333. The molecule has 0 aliphatic carbocycles. The molecule has 5 rings (SSSR count). The third-order valence-corrected chi connectivity index (χ3v) is 7.69. The second-order valence-corrected chi connectivity index (χ2v) is 9.65. The maximum absolute atomic E-state index is 13.4. The standard InChI is InChI=1S/C24H22FN3O7S/c25-15-3-1-14(2-4-15)24-8-7-21(30)28(24)17(13-36-24)22(31)35-12-20(29)27-23(32)26-16-5-6-18-19(11-16)34-10-9-33-18/h1-6,11,17H,7-10,12-13H2,(H2,26,27,29,32)/t17-,24+/m0/s1. The van der Waals surface area contributed by atoms with E-state index < -0.39 is 41.2 Å². The van der Waals surface area contributed by atoms with Crippen molar-refractivity contribution in [2.75, 3.05) is 30.9 Å². The van der Waals surface area contributed by atoms with Crippen LogP contribution in [0.3, 0.4) is 0 Å². The molecule has 3 aliphatic heterocycles. The first-order valence-corrected chi connectivity index (χ1v) is 12.2. The molecule has 3 heterocycles. The number of urea groups is 1. The van der Waals surface area contributed by atoms with Crippen molar-refractivity contribution < 1.29 is 37.8 Å². The number of nitrogens with zero attached hydrogens (tertiary/aromatic N) is 1. The van der Waals surface area contributed by atoms with E-state index in [1.807, 2.05) is 0 Å². The summed E-state index contributed by atoms with van der Waals surface area (Å²) < 4.78 is 29.4. The van der Waals surface area contributed by atoms with Gasteiger partial charge in [-0.05, 0) is 36.2 Å². The molecule has 0 spiro atoms. The highest BCUT2D eigenvalue weighted by molar-refractivity contribution is 8.00. The first-order valence-electron chi connectivity index (χ1n) is 11.2. The second kappa shape index (κ2) is 9.69. The minimum absolute atomic E-state index is 0.213. The molecule has 4 amide bonds. The van der Waals surface area contributed by atoms with E-state index in [0.29, 0.717) is 36.8 Å². The quantitative estimate of drug-likeness (QED) is 0.582. The molecule has 2 aromatic rings. The monoisotopic (exact) mass is 515 g/mol. The van der Waals surface area contributed by atoms with Crippen LogP contribution in [0.1, 0.15) is 18.4 Å². The summed E-state index contributed by atoms with van der Waals surface area (Å²) >= 11 is 1.41. The minimum atomic E-state index is -0.894. The third kappa shape index (κ3) is 4.55. The Morgan fingerprint density at radius 1 is 1.11 bits per heavy atom. The molecule has 2 saturated heterocycles. The Hall–Kier alpha value is -3.80. The van der Waals surface area contributed by atoms with Gasteiger partial charge in [-0.1, -0.05) is 12.1 Å². The van der Waals surface area contributed by atoms with Crippen molar-refractivity contribution in [3.8, 4) is 11.5 Å². The number of amides is 4. The van der Waals surface area contributed by atoms with Gasteiger partial charge in [0.2, 0.25) is 5.91 Å². The predicted molar refractivity (Wildman–Crippen MR) is 126 cm³/mol. The molecule has 3 aliphatic rings. The zero-order valence-corrected chi connectivity index (χ0v) is 19.8. The minimum Gasteiger partial charge on any atom is -0.486 e. The number of carbonyl (C=O) groups is 4. The number of rotatable bonds is 5. The summed E-state index contributed by atoms with van der Waals surface area (Å²) in [7, 11) is 0. The van der Waals surface area contributed by atoms with Gasteiger partial charge in [0.25, 0.3) is 5.91 Å². The summed E-state index contributed by atoms with van der Waals surface area (Å²) in [5.74, 6) is -0.884. The van der Waals surface area contributed by atoms with Gasteiger partial charge in [0, 0.05) is 23.9 Å². The van der Waals surface area contributed by atoms with Crippen molar-refractivity contribution >= 4 is 41.3 Å². The number of halogens is 1. The van der Waals surface area contributed by atoms with E-state index in [2.05, 4.69) is 10.6 Å². The molecule has 0 unspecified atom stereocenters. The van der Waals surface area contributed by atoms with Gasteiger partial charge in [0.05, 0.1) is 0 Å². The molecular weight excluding hydrogens is 493 g/mol. The smallest absolute Gasteiger partial charge is 0.330 e. The largest absolute Gasteiger partial charge is 0.486 e. The van der Waals surface area contributed by atoms with Crippen LogP contribution in [0.4, 0.5) is 14.9 Å². The fourth-order valence-electron chi connectivity index (χ4n) is 4.51. The van der Waals surface area contributed by atoms with Crippen molar-refractivity contribution in [3.63, 3.8) is 0 Å². The topological polar surface area (TPSA) is 123 Å². The van der Waals surface area contributed by atoms with E-state index in [1.54, 1.807) is 30.3 Å². The maximum Gasteiger partial charge on any atom is 0.330 e. The van der Waals surface area contributed by atoms with E-state index in [0.717, 1.165) is 5.56 Å². The molecule has 12 heteroatoms. The lowest BCUT2D eigenvalue weighted by Gasteiger charge is -2.33. The Balaban J connectivity index is 1.16. The van der Waals surface area contributed by atoms with Crippen molar-refractivity contribution in [2.24, 2.45) is 0 Å². The second-order valence-electron chi connectivity index (χ2n) is 8.35. The van der Waals surface area contributed by atoms with E-state index in [4.69, 9.17) is 14.2 Å². The first-order chi connectivity index (χ1) is 17.4. The summed E-state index contributed by atoms with van der Waals surface area (Å²) in [5, 5.41) is 4.59. The van der Waals surface area contributed by atoms with Crippen LogP contribution in [-0.2, 0) is 24.0 Å².